The summed E-state index contributed by atoms with van der Waals surface area (Å²) >= 11 is 7.36. The Bertz CT molecular complexity index is 1370. The van der Waals surface area contributed by atoms with Crippen molar-refractivity contribution in [2.24, 2.45) is 4.99 Å². The number of methoxy groups -OCH3 is 1. The van der Waals surface area contributed by atoms with Crippen LogP contribution >= 0.6 is 31.9 Å². The Morgan fingerprint density at radius 1 is 1.03 bits per heavy atom. The summed E-state index contributed by atoms with van der Waals surface area (Å²) in [7, 11) is 5.37. The summed E-state index contributed by atoms with van der Waals surface area (Å²) in [5.41, 5.74) is 4.86. The molecule has 174 valence electrons. The van der Waals surface area contributed by atoms with Gasteiger partial charge in [-0.25, -0.2) is 9.79 Å². The fraction of sp³-hybridized carbons (Fsp3) is 0.154. The van der Waals surface area contributed by atoms with Crippen molar-refractivity contribution in [1.82, 2.24) is 9.88 Å². The first-order valence-corrected chi connectivity index (χ1v) is 12.1. The first-order valence-electron chi connectivity index (χ1n) is 10.5. The Morgan fingerprint density at radius 2 is 1.71 bits per heavy atom. The van der Waals surface area contributed by atoms with E-state index in [1.54, 1.807) is 18.2 Å². The van der Waals surface area contributed by atoms with Gasteiger partial charge in [-0.05, 0) is 43.9 Å². The summed E-state index contributed by atoms with van der Waals surface area (Å²) in [6.45, 7) is 0.766. The number of hydrogen-bond acceptors (Lipinski definition) is 5. The molecule has 1 aromatic heterocycles. The topological polar surface area (TPSA) is 77.9 Å². The van der Waals surface area contributed by atoms with E-state index in [2.05, 4.69) is 41.7 Å². The molecular formula is C26H23Br2N3O3. The molecule has 0 unspecified atom stereocenters. The molecule has 2 N–H and O–H groups in total. The molecule has 3 aromatic carbocycles. The van der Waals surface area contributed by atoms with E-state index in [1.165, 1.54) is 7.11 Å². The second kappa shape index (κ2) is 10.1. The summed E-state index contributed by atoms with van der Waals surface area (Å²) in [6.07, 6.45) is 0. The van der Waals surface area contributed by atoms with E-state index in [0.717, 1.165) is 37.7 Å². The smallest absolute Gasteiger partial charge is 0.337 e. The van der Waals surface area contributed by atoms with Crippen LogP contribution in [0, 0.1) is 0 Å². The summed E-state index contributed by atoms with van der Waals surface area (Å²) in [5.74, 6) is -0.469. The van der Waals surface area contributed by atoms with Gasteiger partial charge in [0.2, 0.25) is 0 Å². The van der Waals surface area contributed by atoms with Gasteiger partial charge in [-0.1, -0.05) is 68.3 Å². The molecule has 0 fully saturated rings. The number of carbonyl (C=O) groups excluding carboxylic acids is 1. The Kier molecular flexibility index (Phi) is 7.21. The minimum Gasteiger partial charge on any atom is -0.494 e. The predicted octanol–water partition coefficient (Wildman–Crippen LogP) is 6.42. The number of rotatable bonds is 6. The van der Waals surface area contributed by atoms with Gasteiger partial charge in [-0.3, -0.25) is 0 Å². The van der Waals surface area contributed by atoms with Crippen LogP contribution in [0.4, 0.5) is 5.69 Å². The molecule has 34 heavy (non-hydrogen) atoms. The van der Waals surface area contributed by atoms with E-state index in [1.807, 2.05) is 56.6 Å². The lowest BCUT2D eigenvalue weighted by Crippen LogP contribution is -2.11. The molecule has 8 heteroatoms. The molecule has 0 aliphatic carbocycles. The number of H-pyrrole nitrogens is 1. The third-order valence-corrected chi connectivity index (χ3v) is 6.74. The molecule has 0 aliphatic heterocycles. The van der Waals surface area contributed by atoms with Crippen LogP contribution in [0.25, 0.3) is 10.9 Å². The van der Waals surface area contributed by atoms with E-state index in [0.29, 0.717) is 22.4 Å². The Hall–Kier alpha value is -2.94. The second-order valence-corrected chi connectivity index (χ2v) is 9.76. The third kappa shape index (κ3) is 4.94. The van der Waals surface area contributed by atoms with Gasteiger partial charge in [0.1, 0.15) is 0 Å². The van der Waals surface area contributed by atoms with Crippen molar-refractivity contribution in [1.29, 1.82) is 0 Å². The normalized spacial score (nSPS) is 11.9. The third-order valence-electron chi connectivity index (χ3n) is 5.32. The van der Waals surface area contributed by atoms with E-state index < -0.39 is 5.97 Å². The minimum absolute atomic E-state index is 0.0259. The SMILES string of the molecule is COC(=O)c1ccc2c(C(=Nc3cc(Br)c(CN(C)C)c(Br)c3)c3ccccc3)c(O)[nH]c2c1. The molecule has 0 amide bonds. The van der Waals surface area contributed by atoms with Crippen LogP contribution in [0.3, 0.4) is 0 Å². The maximum absolute atomic E-state index is 12.0. The van der Waals surface area contributed by atoms with E-state index >= 15 is 0 Å². The van der Waals surface area contributed by atoms with Crippen LogP contribution in [0.2, 0.25) is 0 Å². The van der Waals surface area contributed by atoms with Crippen LogP contribution in [0.15, 0.2) is 74.6 Å². The molecule has 0 bridgehead atoms. The number of aromatic amines is 1. The van der Waals surface area contributed by atoms with Gasteiger partial charge in [-0.2, -0.15) is 0 Å². The van der Waals surface area contributed by atoms with Gasteiger partial charge in [0.05, 0.1) is 29.6 Å². The van der Waals surface area contributed by atoms with E-state index in [9.17, 15) is 9.90 Å². The molecule has 6 nitrogen and oxygen atoms in total. The Morgan fingerprint density at radius 3 is 2.32 bits per heavy atom. The number of hydrogen-bond donors (Lipinski definition) is 2. The highest BCUT2D eigenvalue weighted by molar-refractivity contribution is 9.11. The lowest BCUT2D eigenvalue weighted by Gasteiger charge is -2.14. The number of carbonyl (C=O) groups is 1. The van der Waals surface area contributed by atoms with Gasteiger partial charge in [0.25, 0.3) is 0 Å². The lowest BCUT2D eigenvalue weighted by atomic mass is 10.00. The van der Waals surface area contributed by atoms with Gasteiger partial charge in [0, 0.05) is 32.0 Å². The number of esters is 1. The van der Waals surface area contributed by atoms with Crippen molar-refractivity contribution in [3.8, 4) is 5.88 Å². The molecule has 4 aromatic rings. The predicted molar refractivity (Wildman–Crippen MR) is 142 cm³/mol. The highest BCUT2D eigenvalue weighted by Crippen LogP contribution is 2.35. The standard InChI is InChI=1S/C26H23Br2N3O3/c1-31(2)14-19-20(27)12-17(13-21(19)28)29-24(15-7-5-4-6-8-15)23-18-10-9-16(26(33)34-3)11-22(18)30-25(23)32/h4-13,30,32H,14H2,1-3H3. The summed E-state index contributed by atoms with van der Waals surface area (Å²) in [5, 5.41) is 11.7. The van der Waals surface area contributed by atoms with Crippen LogP contribution in [0.1, 0.15) is 27.0 Å². The number of benzene rings is 3. The number of fused-ring (bicyclic) bond motifs is 1. The zero-order valence-corrected chi connectivity index (χ0v) is 22.1. The first-order chi connectivity index (χ1) is 16.3. The maximum Gasteiger partial charge on any atom is 0.337 e. The number of nitrogens with zero attached hydrogens (tertiary/aromatic N) is 2. The van der Waals surface area contributed by atoms with E-state index in [-0.39, 0.29) is 5.88 Å². The van der Waals surface area contributed by atoms with Gasteiger partial charge < -0.3 is 19.7 Å². The largest absolute Gasteiger partial charge is 0.494 e. The Labute approximate surface area is 214 Å². The quantitative estimate of drug-likeness (QED) is 0.203. The molecule has 0 saturated carbocycles. The number of nitrogens with one attached hydrogen (secondary N) is 1. The van der Waals surface area contributed by atoms with Crippen molar-refractivity contribution >= 4 is 60.1 Å². The molecule has 1 heterocycles. The molecule has 0 aliphatic rings. The first kappa shape index (κ1) is 24.2. The molecular weight excluding hydrogens is 562 g/mol. The van der Waals surface area contributed by atoms with Crippen molar-refractivity contribution in [3.63, 3.8) is 0 Å². The molecule has 0 radical (unpaired) electrons. The summed E-state index contributed by atoms with van der Waals surface area (Å²) in [6, 6.07) is 18.7. The minimum atomic E-state index is -0.443. The number of aromatic hydroxyl groups is 1. The average molecular weight is 585 g/mol. The second-order valence-electron chi connectivity index (χ2n) is 8.05. The zero-order chi connectivity index (χ0) is 24.4. The van der Waals surface area contributed by atoms with Crippen LogP contribution in [-0.4, -0.2) is 47.9 Å². The Balaban J connectivity index is 1.91. The van der Waals surface area contributed by atoms with Crippen molar-refractivity contribution < 1.29 is 14.6 Å². The molecule has 4 rings (SSSR count). The van der Waals surface area contributed by atoms with Crippen molar-refractivity contribution in [2.45, 2.75) is 6.54 Å². The van der Waals surface area contributed by atoms with Crippen molar-refractivity contribution in [3.05, 3.63) is 91.9 Å². The molecule has 0 spiro atoms. The molecule has 0 saturated heterocycles. The number of halogens is 2. The van der Waals surface area contributed by atoms with Gasteiger partial charge >= 0.3 is 5.97 Å². The lowest BCUT2D eigenvalue weighted by molar-refractivity contribution is 0.0601. The highest BCUT2D eigenvalue weighted by Gasteiger charge is 2.20. The van der Waals surface area contributed by atoms with E-state index in [4.69, 9.17) is 9.73 Å². The van der Waals surface area contributed by atoms with Crippen LogP contribution in [0.5, 0.6) is 5.88 Å². The average Bonchev–Trinajstić information content (AvgIpc) is 3.14. The monoisotopic (exact) mass is 583 g/mol. The highest BCUT2D eigenvalue weighted by atomic mass is 79.9. The number of aliphatic imine (C=N–C) groups is 1. The zero-order valence-electron chi connectivity index (χ0n) is 18.9. The van der Waals surface area contributed by atoms with Gasteiger partial charge in [-0.15, -0.1) is 0 Å². The number of ether oxygens (including phenoxy) is 1. The van der Waals surface area contributed by atoms with Crippen molar-refractivity contribution in [2.75, 3.05) is 21.2 Å². The number of aromatic nitrogens is 1. The fourth-order valence-corrected chi connectivity index (χ4v) is 5.19. The fourth-order valence-electron chi connectivity index (χ4n) is 3.78. The van der Waals surface area contributed by atoms with Crippen LogP contribution in [-0.2, 0) is 11.3 Å². The molecule has 0 atom stereocenters. The summed E-state index contributed by atoms with van der Waals surface area (Å²) < 4.78 is 6.70. The maximum atomic E-state index is 12.0. The summed E-state index contributed by atoms with van der Waals surface area (Å²) in [4.78, 5) is 22.0. The van der Waals surface area contributed by atoms with Crippen LogP contribution < -0.4 is 0 Å². The van der Waals surface area contributed by atoms with Gasteiger partial charge in [0.15, 0.2) is 5.88 Å².